The molecule has 0 aromatic rings. The largest absolute Gasteiger partial charge is 0.0654 e. The highest BCUT2D eigenvalue weighted by Crippen LogP contribution is 2.51. The Morgan fingerprint density at radius 2 is 1.54 bits per heavy atom. The molecule has 78 valence electrons. The van der Waals surface area contributed by atoms with Crippen molar-refractivity contribution in [3.63, 3.8) is 0 Å². The zero-order chi connectivity index (χ0) is 9.84. The van der Waals surface area contributed by atoms with E-state index in [1.165, 1.54) is 32.1 Å². The third kappa shape index (κ3) is 3.00. The van der Waals surface area contributed by atoms with Crippen molar-refractivity contribution >= 4 is 0 Å². The predicted molar refractivity (Wildman–Crippen MR) is 59.7 cm³/mol. The molecule has 1 rings (SSSR count). The monoisotopic (exact) mass is 182 g/mol. The summed E-state index contributed by atoms with van der Waals surface area (Å²) in [5.41, 5.74) is 0. The molecule has 1 aliphatic rings. The molecule has 0 aliphatic heterocycles. The summed E-state index contributed by atoms with van der Waals surface area (Å²) < 4.78 is 0. The van der Waals surface area contributed by atoms with Crippen LogP contribution in [0.2, 0.25) is 0 Å². The first kappa shape index (κ1) is 11.1. The highest BCUT2D eigenvalue weighted by molar-refractivity contribution is 4.92. The average molecular weight is 182 g/mol. The lowest BCUT2D eigenvalue weighted by molar-refractivity contribution is 0.349. The van der Waals surface area contributed by atoms with Crippen LogP contribution in [-0.2, 0) is 0 Å². The summed E-state index contributed by atoms with van der Waals surface area (Å²) in [4.78, 5) is 0. The molecule has 0 aromatic carbocycles. The second-order valence-electron chi connectivity index (χ2n) is 5.14. The molecule has 0 heterocycles. The lowest BCUT2D eigenvalue weighted by atomic mass is 9.90. The molecular formula is C13H26. The maximum atomic E-state index is 2.39. The van der Waals surface area contributed by atoms with E-state index in [4.69, 9.17) is 0 Å². The van der Waals surface area contributed by atoms with Crippen molar-refractivity contribution in [1.82, 2.24) is 0 Å². The summed E-state index contributed by atoms with van der Waals surface area (Å²) >= 11 is 0. The van der Waals surface area contributed by atoms with Crippen LogP contribution >= 0.6 is 0 Å². The summed E-state index contributed by atoms with van der Waals surface area (Å²) in [7, 11) is 0. The SMILES string of the molecule is CCCC(CCC)C1CC1C(C)C. The molecule has 1 aliphatic carbocycles. The molecule has 0 nitrogen and oxygen atoms in total. The Hall–Kier alpha value is 0. The van der Waals surface area contributed by atoms with E-state index in [0.29, 0.717) is 0 Å². The van der Waals surface area contributed by atoms with Gasteiger partial charge in [-0.25, -0.2) is 0 Å². The molecular weight excluding hydrogens is 156 g/mol. The summed E-state index contributed by atoms with van der Waals surface area (Å²) in [5, 5.41) is 0. The van der Waals surface area contributed by atoms with Crippen LogP contribution in [0.3, 0.4) is 0 Å². The molecule has 1 fully saturated rings. The minimum atomic E-state index is 0.932. The van der Waals surface area contributed by atoms with Gasteiger partial charge in [-0.2, -0.15) is 0 Å². The van der Waals surface area contributed by atoms with Gasteiger partial charge in [0.2, 0.25) is 0 Å². The van der Waals surface area contributed by atoms with Gasteiger partial charge in [-0.15, -0.1) is 0 Å². The van der Waals surface area contributed by atoms with E-state index in [-0.39, 0.29) is 0 Å². The van der Waals surface area contributed by atoms with Crippen molar-refractivity contribution < 1.29 is 0 Å². The third-order valence-corrected chi connectivity index (χ3v) is 3.67. The summed E-state index contributed by atoms with van der Waals surface area (Å²) in [5.74, 6) is 4.16. The fourth-order valence-corrected chi connectivity index (χ4v) is 2.86. The first-order valence-corrected chi connectivity index (χ1v) is 6.20. The topological polar surface area (TPSA) is 0 Å². The van der Waals surface area contributed by atoms with Gasteiger partial charge in [0.25, 0.3) is 0 Å². The van der Waals surface area contributed by atoms with Crippen LogP contribution < -0.4 is 0 Å². The van der Waals surface area contributed by atoms with E-state index in [1.807, 2.05) is 0 Å². The summed E-state index contributed by atoms with van der Waals surface area (Å²) in [6.45, 7) is 9.43. The molecule has 0 radical (unpaired) electrons. The molecule has 2 unspecified atom stereocenters. The van der Waals surface area contributed by atoms with Gasteiger partial charge in [0.15, 0.2) is 0 Å². The van der Waals surface area contributed by atoms with Gasteiger partial charge in [0, 0.05) is 0 Å². The average Bonchev–Trinajstić information content (AvgIpc) is 2.82. The van der Waals surface area contributed by atoms with Gasteiger partial charge in [-0.05, 0) is 30.1 Å². The van der Waals surface area contributed by atoms with E-state index in [2.05, 4.69) is 27.7 Å². The Bertz CT molecular complexity index is 131. The van der Waals surface area contributed by atoms with Crippen molar-refractivity contribution in [2.24, 2.45) is 23.7 Å². The van der Waals surface area contributed by atoms with Crippen LogP contribution in [0.1, 0.15) is 59.8 Å². The van der Waals surface area contributed by atoms with Crippen LogP contribution in [0.5, 0.6) is 0 Å². The van der Waals surface area contributed by atoms with E-state index in [1.54, 1.807) is 0 Å². The fourth-order valence-electron chi connectivity index (χ4n) is 2.86. The molecule has 0 aromatic heterocycles. The zero-order valence-corrected chi connectivity index (χ0v) is 9.84. The van der Waals surface area contributed by atoms with Crippen molar-refractivity contribution in [3.05, 3.63) is 0 Å². The molecule has 0 bridgehead atoms. The first-order valence-electron chi connectivity index (χ1n) is 6.20. The summed E-state index contributed by atoms with van der Waals surface area (Å²) in [6.07, 6.45) is 7.24. The Morgan fingerprint density at radius 1 is 1.00 bits per heavy atom. The van der Waals surface area contributed by atoms with Gasteiger partial charge < -0.3 is 0 Å². The minimum Gasteiger partial charge on any atom is -0.0654 e. The highest BCUT2D eigenvalue weighted by Gasteiger charge is 2.43. The molecule has 0 N–H and O–H groups in total. The van der Waals surface area contributed by atoms with E-state index in [9.17, 15) is 0 Å². The van der Waals surface area contributed by atoms with Crippen molar-refractivity contribution in [1.29, 1.82) is 0 Å². The Morgan fingerprint density at radius 3 is 1.85 bits per heavy atom. The van der Waals surface area contributed by atoms with Crippen LogP contribution in [0.25, 0.3) is 0 Å². The van der Waals surface area contributed by atoms with Gasteiger partial charge in [0.1, 0.15) is 0 Å². The Balaban J connectivity index is 2.31. The van der Waals surface area contributed by atoms with Crippen molar-refractivity contribution in [3.8, 4) is 0 Å². The lowest BCUT2D eigenvalue weighted by Gasteiger charge is -2.15. The van der Waals surface area contributed by atoms with Gasteiger partial charge >= 0.3 is 0 Å². The normalized spacial score (nSPS) is 27.2. The smallest absolute Gasteiger partial charge is 0.0352 e. The molecule has 0 heteroatoms. The third-order valence-electron chi connectivity index (χ3n) is 3.67. The Labute approximate surface area is 84.1 Å². The van der Waals surface area contributed by atoms with Gasteiger partial charge in [-0.3, -0.25) is 0 Å². The number of rotatable bonds is 6. The van der Waals surface area contributed by atoms with E-state index >= 15 is 0 Å². The molecule has 0 amide bonds. The zero-order valence-electron chi connectivity index (χ0n) is 9.84. The minimum absolute atomic E-state index is 0.932. The molecule has 0 saturated heterocycles. The van der Waals surface area contributed by atoms with Crippen LogP contribution in [0.15, 0.2) is 0 Å². The molecule has 2 atom stereocenters. The number of hydrogen-bond acceptors (Lipinski definition) is 0. The predicted octanol–water partition coefficient (Wildman–Crippen LogP) is 4.49. The fraction of sp³-hybridized carbons (Fsp3) is 1.00. The lowest BCUT2D eigenvalue weighted by Crippen LogP contribution is -2.06. The van der Waals surface area contributed by atoms with Gasteiger partial charge in [-0.1, -0.05) is 53.4 Å². The van der Waals surface area contributed by atoms with Crippen LogP contribution in [-0.4, -0.2) is 0 Å². The standard InChI is InChI=1S/C13H26/c1-5-7-11(8-6-2)13-9-12(13)10(3)4/h10-13H,5-9H2,1-4H3. The van der Waals surface area contributed by atoms with E-state index < -0.39 is 0 Å². The number of hydrogen-bond donors (Lipinski definition) is 0. The molecule has 13 heavy (non-hydrogen) atoms. The molecule has 0 spiro atoms. The van der Waals surface area contributed by atoms with Crippen molar-refractivity contribution in [2.45, 2.75) is 59.8 Å². The second kappa shape index (κ2) is 5.02. The maximum absolute atomic E-state index is 2.39. The van der Waals surface area contributed by atoms with Crippen LogP contribution in [0, 0.1) is 23.7 Å². The van der Waals surface area contributed by atoms with Gasteiger partial charge in [0.05, 0.1) is 0 Å². The molecule has 1 saturated carbocycles. The second-order valence-corrected chi connectivity index (χ2v) is 5.14. The van der Waals surface area contributed by atoms with Crippen molar-refractivity contribution in [2.75, 3.05) is 0 Å². The first-order chi connectivity index (χ1) is 6.20. The maximum Gasteiger partial charge on any atom is -0.0352 e. The van der Waals surface area contributed by atoms with Crippen LogP contribution in [0.4, 0.5) is 0 Å². The van der Waals surface area contributed by atoms with E-state index in [0.717, 1.165) is 23.7 Å². The Kier molecular flexibility index (Phi) is 4.28. The quantitative estimate of drug-likeness (QED) is 0.567. The highest BCUT2D eigenvalue weighted by atomic mass is 14.5. The summed E-state index contributed by atoms with van der Waals surface area (Å²) in [6, 6.07) is 0.